The lowest BCUT2D eigenvalue weighted by molar-refractivity contribution is 0.181. The zero-order chi connectivity index (χ0) is 17.4. The lowest BCUT2D eigenvalue weighted by Crippen LogP contribution is -2.39. The summed E-state index contributed by atoms with van der Waals surface area (Å²) in [5, 5.41) is 19.4. The molecule has 2 aromatic rings. The second kappa shape index (κ2) is 11.7. The van der Waals surface area contributed by atoms with Gasteiger partial charge in [0.05, 0.1) is 12.6 Å². The summed E-state index contributed by atoms with van der Waals surface area (Å²) in [5.74, 6) is 1.07. The van der Waals surface area contributed by atoms with Crippen molar-refractivity contribution in [2.45, 2.75) is 25.9 Å². The maximum atomic E-state index is 10.3. The summed E-state index contributed by atoms with van der Waals surface area (Å²) >= 11 is 7.87. The van der Waals surface area contributed by atoms with Crippen molar-refractivity contribution in [2.75, 3.05) is 19.6 Å². The fourth-order valence-electron chi connectivity index (χ4n) is 2.28. The van der Waals surface area contributed by atoms with Crippen molar-refractivity contribution in [3.63, 3.8) is 0 Å². The van der Waals surface area contributed by atoms with Crippen LogP contribution >= 0.6 is 46.9 Å². The molecule has 0 bridgehead atoms. The van der Waals surface area contributed by atoms with E-state index in [0.29, 0.717) is 30.0 Å². The molecule has 2 rings (SSSR count). The van der Waals surface area contributed by atoms with Crippen LogP contribution in [0.1, 0.15) is 36.3 Å². The molecule has 1 heterocycles. The van der Waals surface area contributed by atoms with Crippen LogP contribution in [0.3, 0.4) is 0 Å². The first-order valence-corrected chi connectivity index (χ1v) is 9.35. The third kappa shape index (κ3) is 7.13. The Morgan fingerprint density at radius 3 is 2.64 bits per heavy atom. The van der Waals surface area contributed by atoms with Crippen molar-refractivity contribution in [3.8, 4) is 0 Å². The van der Waals surface area contributed by atoms with Crippen LogP contribution in [-0.4, -0.2) is 30.7 Å². The number of rotatable bonds is 7. The molecule has 0 spiro atoms. The summed E-state index contributed by atoms with van der Waals surface area (Å²) in [5.41, 5.74) is 0.717. The lowest BCUT2D eigenvalue weighted by Gasteiger charge is -2.17. The monoisotopic (exact) mass is 493 g/mol. The zero-order valence-electron chi connectivity index (χ0n) is 14.4. The maximum Gasteiger partial charge on any atom is 0.191 e. The summed E-state index contributed by atoms with van der Waals surface area (Å²) in [6, 6.07) is 11.5. The average Bonchev–Trinajstić information content (AvgIpc) is 3.12. The van der Waals surface area contributed by atoms with Crippen molar-refractivity contribution < 1.29 is 5.11 Å². The summed E-state index contributed by atoms with van der Waals surface area (Å²) in [6.07, 6.45) is -0.683. The Hall–Kier alpha value is -0.830. The molecule has 0 radical (unpaired) electrons. The summed E-state index contributed by atoms with van der Waals surface area (Å²) in [4.78, 5) is 5.94. The Morgan fingerprint density at radius 1 is 1.24 bits per heavy atom. The number of hydrogen-bond donors (Lipinski definition) is 3. The number of aliphatic hydroxyl groups excluding tert-OH is 1. The van der Waals surface area contributed by atoms with Crippen LogP contribution in [0.15, 0.2) is 46.8 Å². The van der Waals surface area contributed by atoms with E-state index in [4.69, 9.17) is 11.6 Å². The highest BCUT2D eigenvalue weighted by Gasteiger charge is 2.12. The van der Waals surface area contributed by atoms with Gasteiger partial charge in [-0.3, -0.25) is 4.99 Å². The van der Waals surface area contributed by atoms with Gasteiger partial charge >= 0.3 is 0 Å². The molecule has 4 nitrogen and oxygen atoms in total. The summed E-state index contributed by atoms with van der Waals surface area (Å²) < 4.78 is 0. The van der Waals surface area contributed by atoms with Crippen molar-refractivity contribution in [3.05, 3.63) is 57.2 Å². The Labute approximate surface area is 175 Å². The van der Waals surface area contributed by atoms with E-state index in [2.05, 4.69) is 40.1 Å². The van der Waals surface area contributed by atoms with Gasteiger partial charge in [-0.1, -0.05) is 42.8 Å². The highest BCUT2D eigenvalue weighted by molar-refractivity contribution is 14.0. The van der Waals surface area contributed by atoms with E-state index in [9.17, 15) is 5.11 Å². The summed E-state index contributed by atoms with van der Waals surface area (Å²) in [6.45, 7) is 5.99. The lowest BCUT2D eigenvalue weighted by atomic mass is 10.1. The van der Waals surface area contributed by atoms with E-state index in [1.54, 1.807) is 17.4 Å². The molecule has 3 N–H and O–H groups in total. The molecule has 7 heteroatoms. The molecule has 0 aliphatic rings. The average molecular weight is 494 g/mol. The normalized spacial score (nSPS) is 13.7. The minimum Gasteiger partial charge on any atom is -0.387 e. The Balaban J connectivity index is 0.00000312. The Morgan fingerprint density at radius 2 is 2.00 bits per heavy atom. The highest BCUT2D eigenvalue weighted by Crippen LogP contribution is 2.22. The smallest absolute Gasteiger partial charge is 0.191 e. The molecule has 0 saturated heterocycles. The number of thiophene rings is 1. The Kier molecular flexibility index (Phi) is 10.4. The third-order valence-electron chi connectivity index (χ3n) is 3.62. The molecular formula is C18H25ClIN3OS. The van der Waals surface area contributed by atoms with Gasteiger partial charge < -0.3 is 15.7 Å². The molecule has 0 aliphatic heterocycles. The van der Waals surface area contributed by atoms with Crippen LogP contribution < -0.4 is 10.6 Å². The molecule has 2 atom stereocenters. The van der Waals surface area contributed by atoms with E-state index in [1.165, 1.54) is 4.88 Å². The van der Waals surface area contributed by atoms with Gasteiger partial charge in [-0.2, -0.15) is 0 Å². The van der Waals surface area contributed by atoms with Crippen LogP contribution in [-0.2, 0) is 0 Å². The molecule has 0 fully saturated rings. The fourth-order valence-corrected chi connectivity index (χ4v) is 3.32. The summed E-state index contributed by atoms with van der Waals surface area (Å²) in [7, 11) is 0. The standard InChI is InChI=1S/C18H24ClN3OS.HI/c1-3-20-18(21-11-13(2)17-9-6-10-24-17)22-12-16(23)14-7-4-5-8-15(14)19;/h4-10,13,16,23H,3,11-12H2,1-2H3,(H2,20,21,22);1H. The minimum atomic E-state index is -0.683. The maximum absolute atomic E-state index is 10.3. The van der Waals surface area contributed by atoms with E-state index >= 15 is 0 Å². The first kappa shape index (κ1) is 22.2. The number of nitrogens with zero attached hydrogens (tertiary/aromatic N) is 1. The molecule has 2 unspecified atom stereocenters. The van der Waals surface area contributed by atoms with Gasteiger partial charge in [0.15, 0.2) is 5.96 Å². The van der Waals surface area contributed by atoms with Crippen LogP contribution in [0.25, 0.3) is 0 Å². The molecule has 0 aliphatic carbocycles. The number of halogens is 2. The number of guanidine groups is 1. The molecule has 1 aromatic heterocycles. The molecule has 138 valence electrons. The second-order valence-corrected chi connectivity index (χ2v) is 6.94. The van der Waals surface area contributed by atoms with Gasteiger partial charge in [-0.05, 0) is 24.4 Å². The van der Waals surface area contributed by atoms with Gasteiger partial charge in [0, 0.05) is 34.5 Å². The van der Waals surface area contributed by atoms with Crippen LogP contribution in [0.5, 0.6) is 0 Å². The molecule has 0 saturated carbocycles. The van der Waals surface area contributed by atoms with E-state index in [-0.39, 0.29) is 24.0 Å². The van der Waals surface area contributed by atoms with E-state index in [0.717, 1.165) is 12.1 Å². The topological polar surface area (TPSA) is 56.7 Å². The largest absolute Gasteiger partial charge is 0.387 e. The second-order valence-electron chi connectivity index (χ2n) is 5.55. The van der Waals surface area contributed by atoms with Crippen molar-refractivity contribution in [1.82, 2.24) is 10.6 Å². The first-order valence-electron chi connectivity index (χ1n) is 8.09. The van der Waals surface area contributed by atoms with Crippen molar-refractivity contribution in [2.24, 2.45) is 4.99 Å². The van der Waals surface area contributed by atoms with Gasteiger partial charge in [0.2, 0.25) is 0 Å². The van der Waals surface area contributed by atoms with Crippen LogP contribution in [0, 0.1) is 0 Å². The number of nitrogens with one attached hydrogen (secondary N) is 2. The fraction of sp³-hybridized carbons (Fsp3) is 0.389. The van der Waals surface area contributed by atoms with Gasteiger partial charge in [0.1, 0.15) is 0 Å². The Bertz CT molecular complexity index is 652. The third-order valence-corrected chi connectivity index (χ3v) is 5.07. The van der Waals surface area contributed by atoms with E-state index < -0.39 is 6.10 Å². The quantitative estimate of drug-likeness (QED) is 0.304. The first-order chi connectivity index (χ1) is 11.6. The number of hydrogen-bond acceptors (Lipinski definition) is 3. The highest BCUT2D eigenvalue weighted by atomic mass is 127. The van der Waals surface area contributed by atoms with Crippen LogP contribution in [0.4, 0.5) is 0 Å². The van der Waals surface area contributed by atoms with Gasteiger partial charge in [-0.25, -0.2) is 0 Å². The number of aliphatic imine (C=N–C) groups is 1. The molecule has 0 amide bonds. The molecule has 1 aromatic carbocycles. The van der Waals surface area contributed by atoms with E-state index in [1.807, 2.05) is 25.1 Å². The van der Waals surface area contributed by atoms with Crippen molar-refractivity contribution >= 4 is 52.9 Å². The SMILES string of the molecule is CCNC(=NCC(C)c1cccs1)NCC(O)c1ccccc1Cl.I. The zero-order valence-corrected chi connectivity index (χ0v) is 18.3. The minimum absolute atomic E-state index is 0. The van der Waals surface area contributed by atoms with Gasteiger partial charge in [-0.15, -0.1) is 35.3 Å². The van der Waals surface area contributed by atoms with Crippen molar-refractivity contribution in [1.29, 1.82) is 0 Å². The van der Waals surface area contributed by atoms with Crippen LogP contribution in [0.2, 0.25) is 5.02 Å². The number of aliphatic hydroxyl groups is 1. The number of benzene rings is 1. The molecule has 25 heavy (non-hydrogen) atoms. The van der Waals surface area contributed by atoms with Gasteiger partial charge in [0.25, 0.3) is 0 Å². The predicted molar refractivity (Wildman–Crippen MR) is 119 cm³/mol. The predicted octanol–water partition coefficient (Wildman–Crippen LogP) is 4.41. The molecular weight excluding hydrogens is 469 g/mol.